The number of benzene rings is 2. The maximum absolute atomic E-state index is 12.9. The third-order valence-electron chi connectivity index (χ3n) is 4.39. The summed E-state index contributed by atoms with van der Waals surface area (Å²) in [6.45, 7) is 0. The Morgan fingerprint density at radius 3 is 2.33 bits per heavy atom. The Bertz CT molecular complexity index is 807. The molecule has 6 heteroatoms. The second-order valence-corrected chi connectivity index (χ2v) is 5.99. The van der Waals surface area contributed by atoms with Crippen molar-refractivity contribution in [3.05, 3.63) is 77.6 Å². The molecule has 0 saturated carbocycles. The van der Waals surface area contributed by atoms with Gasteiger partial charge in [0.25, 0.3) is 0 Å². The van der Waals surface area contributed by atoms with E-state index in [2.05, 4.69) is 33.0 Å². The van der Waals surface area contributed by atoms with Gasteiger partial charge in [-0.2, -0.15) is 0 Å². The lowest BCUT2D eigenvalue weighted by molar-refractivity contribution is -0.124. The summed E-state index contributed by atoms with van der Waals surface area (Å²) in [5.74, 6) is -0.0914. The third kappa shape index (κ3) is 2.78. The van der Waals surface area contributed by atoms with Crippen LogP contribution in [0.5, 0.6) is 0 Å². The van der Waals surface area contributed by atoms with E-state index in [9.17, 15) is 4.79 Å². The highest BCUT2D eigenvalue weighted by atomic mass is 16.2. The molecule has 0 aliphatic heterocycles. The van der Waals surface area contributed by atoms with Crippen LogP contribution in [0, 0.1) is 0 Å². The quantitative estimate of drug-likeness (QED) is 0.792. The van der Waals surface area contributed by atoms with Gasteiger partial charge in [-0.3, -0.25) is 4.79 Å². The smallest absolute Gasteiger partial charge is 0.249 e. The molecule has 1 aliphatic carbocycles. The van der Waals surface area contributed by atoms with Gasteiger partial charge in [0.15, 0.2) is 6.04 Å². The summed E-state index contributed by atoms with van der Waals surface area (Å²) in [4.78, 5) is 12.9. The molecule has 0 spiro atoms. The summed E-state index contributed by atoms with van der Waals surface area (Å²) in [6, 6.07) is 17.4. The number of hydrogen-bond donors (Lipinski definition) is 1. The Labute approximate surface area is 139 Å². The minimum Gasteiger partial charge on any atom is -0.351 e. The van der Waals surface area contributed by atoms with E-state index in [0.29, 0.717) is 0 Å². The topological polar surface area (TPSA) is 72.7 Å². The van der Waals surface area contributed by atoms with Gasteiger partial charge in [0, 0.05) is 6.04 Å². The van der Waals surface area contributed by atoms with Crippen molar-refractivity contribution in [1.82, 2.24) is 25.5 Å². The molecular weight excluding hydrogens is 302 g/mol. The Balaban J connectivity index is 1.55. The van der Waals surface area contributed by atoms with Gasteiger partial charge < -0.3 is 5.32 Å². The van der Waals surface area contributed by atoms with Gasteiger partial charge in [0.1, 0.15) is 6.33 Å². The number of hydrogen-bond acceptors (Lipinski definition) is 4. The Hall–Kier alpha value is -3.02. The molecule has 0 unspecified atom stereocenters. The number of rotatable bonds is 4. The van der Waals surface area contributed by atoms with Crippen LogP contribution in [0.3, 0.4) is 0 Å². The first-order valence-corrected chi connectivity index (χ1v) is 7.96. The van der Waals surface area contributed by atoms with Crippen LogP contribution in [-0.2, 0) is 17.6 Å². The monoisotopic (exact) mass is 319 g/mol. The van der Waals surface area contributed by atoms with Crippen LogP contribution in [0.15, 0.2) is 60.9 Å². The van der Waals surface area contributed by atoms with Crippen LogP contribution in [0.25, 0.3) is 0 Å². The first kappa shape index (κ1) is 14.6. The summed E-state index contributed by atoms with van der Waals surface area (Å²) in [7, 11) is 0. The molecule has 1 atom stereocenters. The zero-order chi connectivity index (χ0) is 16.4. The molecule has 1 aromatic heterocycles. The van der Waals surface area contributed by atoms with Gasteiger partial charge >= 0.3 is 0 Å². The number of amides is 1. The van der Waals surface area contributed by atoms with Crippen molar-refractivity contribution in [2.24, 2.45) is 0 Å². The van der Waals surface area contributed by atoms with Crippen molar-refractivity contribution in [3.63, 3.8) is 0 Å². The molecule has 24 heavy (non-hydrogen) atoms. The maximum atomic E-state index is 12.9. The van der Waals surface area contributed by atoms with Crippen molar-refractivity contribution in [3.8, 4) is 0 Å². The average molecular weight is 319 g/mol. The fourth-order valence-corrected chi connectivity index (χ4v) is 3.29. The van der Waals surface area contributed by atoms with Crippen LogP contribution < -0.4 is 5.32 Å². The Kier molecular flexibility index (Phi) is 3.78. The molecular formula is C18H17N5O. The molecule has 0 radical (unpaired) electrons. The van der Waals surface area contributed by atoms with Crippen molar-refractivity contribution < 1.29 is 4.79 Å². The summed E-state index contributed by atoms with van der Waals surface area (Å²) in [5, 5.41) is 14.4. The standard InChI is InChI=1S/C18H17N5O/c24-18(20-16-10-14-8-4-5-9-15(14)11-16)17(23-12-19-21-22-23)13-6-2-1-3-7-13/h1-9,12,16-17H,10-11H2,(H,20,24)/t17-/m1/s1. The predicted molar refractivity (Wildman–Crippen MR) is 88.2 cm³/mol. The minimum absolute atomic E-state index is 0.0914. The number of carbonyl (C=O) groups is 1. The summed E-state index contributed by atoms with van der Waals surface area (Å²) in [6.07, 6.45) is 3.19. The van der Waals surface area contributed by atoms with Crippen molar-refractivity contribution >= 4 is 5.91 Å². The van der Waals surface area contributed by atoms with Gasteiger partial charge in [-0.15, -0.1) is 5.10 Å². The molecule has 3 aromatic rings. The van der Waals surface area contributed by atoms with Gasteiger partial charge in [-0.1, -0.05) is 54.6 Å². The first-order chi connectivity index (χ1) is 11.8. The lowest BCUT2D eigenvalue weighted by Crippen LogP contribution is -2.40. The fourth-order valence-electron chi connectivity index (χ4n) is 3.29. The van der Waals surface area contributed by atoms with E-state index in [4.69, 9.17) is 0 Å². The predicted octanol–water partition coefficient (Wildman–Crippen LogP) is 1.55. The van der Waals surface area contributed by atoms with Crippen LogP contribution in [0.2, 0.25) is 0 Å². The average Bonchev–Trinajstić information content (AvgIpc) is 3.25. The van der Waals surface area contributed by atoms with E-state index in [1.807, 2.05) is 42.5 Å². The highest BCUT2D eigenvalue weighted by Crippen LogP contribution is 2.23. The van der Waals surface area contributed by atoms with E-state index in [1.54, 1.807) is 0 Å². The fraction of sp³-hybridized carbons (Fsp3) is 0.222. The van der Waals surface area contributed by atoms with Gasteiger partial charge in [-0.05, 0) is 40.0 Å². The Morgan fingerprint density at radius 2 is 1.71 bits per heavy atom. The van der Waals surface area contributed by atoms with Crippen LogP contribution in [0.4, 0.5) is 0 Å². The van der Waals surface area contributed by atoms with Crippen molar-refractivity contribution in [2.75, 3.05) is 0 Å². The lowest BCUT2D eigenvalue weighted by Gasteiger charge is -2.19. The second-order valence-electron chi connectivity index (χ2n) is 5.99. The summed E-state index contributed by atoms with van der Waals surface area (Å²) >= 11 is 0. The van der Waals surface area contributed by atoms with Crippen LogP contribution >= 0.6 is 0 Å². The molecule has 2 aromatic carbocycles. The molecule has 0 saturated heterocycles. The SMILES string of the molecule is O=C(NC1Cc2ccccc2C1)[C@@H](c1ccccc1)n1cnnn1. The van der Waals surface area contributed by atoms with Gasteiger partial charge in [-0.25, -0.2) is 4.68 Å². The number of fused-ring (bicyclic) bond motifs is 1. The summed E-state index contributed by atoms with van der Waals surface area (Å²) in [5.41, 5.74) is 3.47. The van der Waals surface area contributed by atoms with E-state index < -0.39 is 6.04 Å². The molecule has 0 bridgehead atoms. The highest BCUT2D eigenvalue weighted by Gasteiger charge is 2.28. The largest absolute Gasteiger partial charge is 0.351 e. The van der Waals surface area contributed by atoms with Gasteiger partial charge in [0.2, 0.25) is 5.91 Å². The number of aromatic nitrogens is 4. The number of nitrogens with one attached hydrogen (secondary N) is 1. The molecule has 0 fully saturated rings. The molecule has 1 aliphatic rings. The summed E-state index contributed by atoms with van der Waals surface area (Å²) < 4.78 is 1.49. The molecule has 1 amide bonds. The van der Waals surface area contributed by atoms with E-state index >= 15 is 0 Å². The number of carbonyl (C=O) groups excluding carboxylic acids is 1. The normalized spacial score (nSPS) is 15.0. The first-order valence-electron chi connectivity index (χ1n) is 7.96. The van der Waals surface area contributed by atoms with E-state index in [1.165, 1.54) is 22.1 Å². The van der Waals surface area contributed by atoms with E-state index in [-0.39, 0.29) is 11.9 Å². The number of tetrazole rings is 1. The molecule has 1 N–H and O–H groups in total. The maximum Gasteiger partial charge on any atom is 0.249 e. The number of nitrogens with zero attached hydrogens (tertiary/aromatic N) is 4. The molecule has 4 rings (SSSR count). The third-order valence-corrected chi connectivity index (χ3v) is 4.39. The molecule has 120 valence electrons. The van der Waals surface area contributed by atoms with Crippen LogP contribution in [0.1, 0.15) is 22.7 Å². The van der Waals surface area contributed by atoms with Gasteiger partial charge in [0.05, 0.1) is 0 Å². The van der Waals surface area contributed by atoms with E-state index in [0.717, 1.165) is 18.4 Å². The lowest BCUT2D eigenvalue weighted by atomic mass is 10.1. The van der Waals surface area contributed by atoms with Crippen molar-refractivity contribution in [1.29, 1.82) is 0 Å². The second kappa shape index (κ2) is 6.23. The molecule has 6 nitrogen and oxygen atoms in total. The van der Waals surface area contributed by atoms with Crippen LogP contribution in [-0.4, -0.2) is 32.2 Å². The minimum atomic E-state index is -0.565. The Morgan fingerprint density at radius 1 is 1.04 bits per heavy atom. The highest BCUT2D eigenvalue weighted by molar-refractivity contribution is 5.83. The zero-order valence-corrected chi connectivity index (χ0v) is 13.0. The van der Waals surface area contributed by atoms with Crippen molar-refractivity contribution in [2.45, 2.75) is 24.9 Å². The zero-order valence-electron chi connectivity index (χ0n) is 13.0. The molecule has 1 heterocycles.